The Morgan fingerprint density at radius 1 is 1.07 bits per heavy atom. The molecule has 0 radical (unpaired) electrons. The van der Waals surface area contributed by atoms with E-state index in [0.29, 0.717) is 22.9 Å². The van der Waals surface area contributed by atoms with Gasteiger partial charge in [-0.1, -0.05) is 12.1 Å². The number of nitrogens with zero attached hydrogens (tertiary/aromatic N) is 4. The van der Waals surface area contributed by atoms with Gasteiger partial charge >= 0.3 is 0 Å². The predicted octanol–water partition coefficient (Wildman–Crippen LogP) is 4.87. The standard InChI is InChI=1S/C24H23N5O/c1-14-7-10-18(12-15(14)2)26-24(30)19-13-20(17-8-9-17)27-23-22(19)16(3)28-29(23)21-6-4-5-11-25-21/h4-7,10-13,17H,8-9H2,1-3H3,(H,26,30). The van der Waals surface area contributed by atoms with Crippen LogP contribution in [0.2, 0.25) is 0 Å². The van der Waals surface area contributed by atoms with E-state index in [1.165, 1.54) is 5.56 Å². The summed E-state index contributed by atoms with van der Waals surface area (Å²) >= 11 is 0. The summed E-state index contributed by atoms with van der Waals surface area (Å²) in [7, 11) is 0. The van der Waals surface area contributed by atoms with E-state index in [4.69, 9.17) is 4.98 Å². The van der Waals surface area contributed by atoms with Crippen molar-refractivity contribution < 1.29 is 4.79 Å². The lowest BCUT2D eigenvalue weighted by molar-refractivity contribution is 0.102. The molecule has 1 N–H and O–H groups in total. The highest BCUT2D eigenvalue weighted by Crippen LogP contribution is 2.40. The highest BCUT2D eigenvalue weighted by molar-refractivity contribution is 6.12. The van der Waals surface area contributed by atoms with Crippen molar-refractivity contribution in [2.75, 3.05) is 5.32 Å². The molecule has 3 aromatic heterocycles. The van der Waals surface area contributed by atoms with Gasteiger partial charge in [-0.05, 0) is 75.1 Å². The number of hydrogen-bond donors (Lipinski definition) is 1. The van der Waals surface area contributed by atoms with Gasteiger partial charge in [-0.25, -0.2) is 9.97 Å². The molecule has 1 saturated carbocycles. The topological polar surface area (TPSA) is 72.7 Å². The quantitative estimate of drug-likeness (QED) is 0.533. The van der Waals surface area contributed by atoms with Crippen LogP contribution in [-0.2, 0) is 0 Å². The van der Waals surface area contributed by atoms with E-state index in [2.05, 4.69) is 22.3 Å². The molecule has 150 valence electrons. The van der Waals surface area contributed by atoms with Crippen molar-refractivity contribution in [2.45, 2.75) is 39.5 Å². The fourth-order valence-electron chi connectivity index (χ4n) is 3.73. The number of nitrogens with one attached hydrogen (secondary N) is 1. The van der Waals surface area contributed by atoms with Gasteiger partial charge in [0.1, 0.15) is 0 Å². The molecule has 1 fully saturated rings. The lowest BCUT2D eigenvalue weighted by Gasteiger charge is -2.10. The van der Waals surface area contributed by atoms with Crippen LogP contribution in [0.1, 0.15) is 51.6 Å². The van der Waals surface area contributed by atoms with E-state index in [1.807, 2.05) is 56.3 Å². The maximum Gasteiger partial charge on any atom is 0.256 e. The Bertz CT molecular complexity index is 1270. The molecule has 1 aliphatic carbocycles. The molecule has 0 aliphatic heterocycles. The largest absolute Gasteiger partial charge is 0.322 e. The van der Waals surface area contributed by atoms with Gasteiger partial charge < -0.3 is 5.32 Å². The highest BCUT2D eigenvalue weighted by atomic mass is 16.1. The van der Waals surface area contributed by atoms with Crippen molar-refractivity contribution in [3.05, 3.63) is 76.7 Å². The Morgan fingerprint density at radius 2 is 1.90 bits per heavy atom. The van der Waals surface area contributed by atoms with E-state index < -0.39 is 0 Å². The average Bonchev–Trinajstić information content (AvgIpc) is 3.55. The average molecular weight is 397 g/mol. The molecule has 0 saturated heterocycles. The maximum absolute atomic E-state index is 13.3. The normalized spacial score (nSPS) is 13.6. The first-order valence-electron chi connectivity index (χ1n) is 10.2. The highest BCUT2D eigenvalue weighted by Gasteiger charge is 2.29. The van der Waals surface area contributed by atoms with Crippen molar-refractivity contribution in [3.63, 3.8) is 0 Å². The molecule has 3 heterocycles. The number of carbonyl (C=O) groups excluding carboxylic acids is 1. The minimum atomic E-state index is -0.142. The summed E-state index contributed by atoms with van der Waals surface area (Å²) in [5.74, 6) is 0.961. The van der Waals surface area contributed by atoms with Gasteiger partial charge in [0, 0.05) is 23.5 Å². The second kappa shape index (κ2) is 7.06. The third kappa shape index (κ3) is 3.24. The summed E-state index contributed by atoms with van der Waals surface area (Å²) in [6.45, 7) is 6.01. The molecule has 30 heavy (non-hydrogen) atoms. The van der Waals surface area contributed by atoms with Crippen LogP contribution in [0.15, 0.2) is 48.7 Å². The first-order valence-corrected chi connectivity index (χ1v) is 10.2. The number of pyridine rings is 2. The Morgan fingerprint density at radius 3 is 2.60 bits per heavy atom. The Kier molecular flexibility index (Phi) is 4.35. The van der Waals surface area contributed by atoms with Crippen LogP contribution in [0.25, 0.3) is 16.9 Å². The first kappa shape index (κ1) is 18.5. The SMILES string of the molecule is Cc1ccc(NC(=O)c2cc(C3CC3)nc3c2c(C)nn3-c2ccccn2)cc1C. The fraction of sp³-hybridized carbons (Fsp3) is 0.250. The zero-order valence-electron chi connectivity index (χ0n) is 17.3. The van der Waals surface area contributed by atoms with Crippen molar-refractivity contribution in [3.8, 4) is 5.82 Å². The van der Waals surface area contributed by atoms with Crippen molar-refractivity contribution in [1.82, 2.24) is 19.7 Å². The Hall–Kier alpha value is -3.54. The van der Waals surface area contributed by atoms with Gasteiger partial charge in [-0.3, -0.25) is 4.79 Å². The minimum Gasteiger partial charge on any atom is -0.322 e. The molecule has 1 aliphatic rings. The van der Waals surface area contributed by atoms with Gasteiger partial charge in [-0.15, -0.1) is 0 Å². The van der Waals surface area contributed by atoms with Gasteiger partial charge in [-0.2, -0.15) is 9.78 Å². The third-order valence-electron chi connectivity index (χ3n) is 5.70. The minimum absolute atomic E-state index is 0.142. The number of rotatable bonds is 4. The lowest BCUT2D eigenvalue weighted by atomic mass is 10.1. The maximum atomic E-state index is 13.3. The van der Waals surface area contributed by atoms with Gasteiger partial charge in [0.2, 0.25) is 0 Å². The number of benzene rings is 1. The smallest absolute Gasteiger partial charge is 0.256 e. The van der Waals surface area contributed by atoms with E-state index in [-0.39, 0.29) is 5.91 Å². The molecule has 4 aromatic rings. The zero-order valence-corrected chi connectivity index (χ0v) is 17.3. The van der Waals surface area contributed by atoms with Crippen LogP contribution in [0.5, 0.6) is 0 Å². The number of anilines is 1. The van der Waals surface area contributed by atoms with Crippen LogP contribution in [0, 0.1) is 20.8 Å². The summed E-state index contributed by atoms with van der Waals surface area (Å²) in [5.41, 5.74) is 6.13. The molecule has 1 aromatic carbocycles. The van der Waals surface area contributed by atoms with Crippen LogP contribution in [0.4, 0.5) is 5.69 Å². The number of hydrogen-bond acceptors (Lipinski definition) is 4. The van der Waals surface area contributed by atoms with Crippen molar-refractivity contribution >= 4 is 22.6 Å². The van der Waals surface area contributed by atoms with Gasteiger partial charge in [0.25, 0.3) is 5.91 Å². The molecule has 1 amide bonds. The number of fused-ring (bicyclic) bond motifs is 1. The number of carbonyl (C=O) groups is 1. The van der Waals surface area contributed by atoms with E-state index >= 15 is 0 Å². The molecule has 0 atom stereocenters. The third-order valence-corrected chi connectivity index (χ3v) is 5.70. The fourth-order valence-corrected chi connectivity index (χ4v) is 3.73. The number of aromatic nitrogens is 4. The molecule has 0 spiro atoms. The Labute approximate surface area is 175 Å². The molecule has 0 bridgehead atoms. The molecule has 5 rings (SSSR count). The van der Waals surface area contributed by atoms with Crippen LogP contribution >= 0.6 is 0 Å². The number of amides is 1. The molecule has 6 nitrogen and oxygen atoms in total. The second-order valence-corrected chi connectivity index (χ2v) is 8.01. The molecule has 0 unspecified atom stereocenters. The van der Waals surface area contributed by atoms with E-state index in [9.17, 15) is 4.79 Å². The summed E-state index contributed by atoms with van der Waals surface area (Å²) in [6.07, 6.45) is 3.94. The number of aryl methyl sites for hydroxylation is 3. The Balaban J connectivity index is 1.64. The lowest BCUT2D eigenvalue weighted by Crippen LogP contribution is -2.14. The summed E-state index contributed by atoms with van der Waals surface area (Å²) < 4.78 is 1.74. The zero-order chi connectivity index (χ0) is 20.8. The summed E-state index contributed by atoms with van der Waals surface area (Å²) in [5, 5.41) is 8.50. The first-order chi connectivity index (χ1) is 14.5. The van der Waals surface area contributed by atoms with Crippen LogP contribution in [-0.4, -0.2) is 25.7 Å². The second-order valence-electron chi connectivity index (χ2n) is 8.01. The monoisotopic (exact) mass is 397 g/mol. The van der Waals surface area contributed by atoms with Crippen molar-refractivity contribution in [1.29, 1.82) is 0 Å². The van der Waals surface area contributed by atoms with Gasteiger partial charge in [0.15, 0.2) is 11.5 Å². The summed E-state index contributed by atoms with van der Waals surface area (Å²) in [6, 6.07) is 13.6. The van der Waals surface area contributed by atoms with E-state index in [0.717, 1.165) is 40.9 Å². The van der Waals surface area contributed by atoms with Crippen LogP contribution in [0.3, 0.4) is 0 Å². The van der Waals surface area contributed by atoms with Gasteiger partial charge in [0.05, 0.1) is 16.6 Å². The molecular formula is C24H23N5O. The molecule has 6 heteroatoms. The van der Waals surface area contributed by atoms with Crippen LogP contribution < -0.4 is 5.32 Å². The summed E-state index contributed by atoms with van der Waals surface area (Å²) in [4.78, 5) is 22.6. The molecular weight excluding hydrogens is 374 g/mol. The van der Waals surface area contributed by atoms with E-state index in [1.54, 1.807) is 10.9 Å². The predicted molar refractivity (Wildman–Crippen MR) is 117 cm³/mol. The van der Waals surface area contributed by atoms with Crippen molar-refractivity contribution in [2.24, 2.45) is 0 Å².